The first kappa shape index (κ1) is 11.0. The minimum Gasteiger partial charge on any atom is -0.383 e. The summed E-state index contributed by atoms with van der Waals surface area (Å²) in [5.41, 5.74) is 7.17. The zero-order valence-electron chi connectivity index (χ0n) is 9.23. The molecule has 1 aromatic heterocycles. The van der Waals surface area contributed by atoms with E-state index in [0.29, 0.717) is 5.82 Å². The van der Waals surface area contributed by atoms with Crippen molar-refractivity contribution >= 4 is 28.4 Å². The smallest absolute Gasteiger partial charge is 0.141 e. The maximum atomic E-state index is 5.86. The highest BCUT2D eigenvalue weighted by molar-refractivity contribution is 14.1. The topological polar surface area (TPSA) is 51.8 Å². The molecule has 0 saturated heterocycles. The summed E-state index contributed by atoms with van der Waals surface area (Å²) in [6.07, 6.45) is 4.02. The van der Waals surface area contributed by atoms with Gasteiger partial charge in [-0.2, -0.15) is 0 Å². The number of rotatable bonds is 2. The molecule has 0 bridgehead atoms. The number of hydrogen-bond acceptors (Lipinski definition) is 3. The van der Waals surface area contributed by atoms with Crippen LogP contribution in [0.25, 0.3) is 0 Å². The number of anilines is 1. The molecule has 3 rings (SSSR count). The third-order valence-electron chi connectivity index (χ3n) is 3.28. The summed E-state index contributed by atoms with van der Waals surface area (Å²) in [6.45, 7) is 0. The van der Waals surface area contributed by atoms with Crippen LogP contribution in [0.5, 0.6) is 0 Å². The van der Waals surface area contributed by atoms with Crippen molar-refractivity contribution in [3.05, 3.63) is 51.5 Å². The molecule has 4 heteroatoms. The van der Waals surface area contributed by atoms with Gasteiger partial charge in [0.25, 0.3) is 0 Å². The zero-order chi connectivity index (χ0) is 11.9. The SMILES string of the molecule is Nc1nc(C2(c3ccccc3)CC2)ncc1I. The number of nitrogens with two attached hydrogens (primary N) is 1. The van der Waals surface area contributed by atoms with Crippen LogP contribution in [0.2, 0.25) is 0 Å². The molecular weight excluding hydrogens is 325 g/mol. The third kappa shape index (κ3) is 1.80. The molecule has 0 aliphatic heterocycles. The minimum atomic E-state index is 0.0136. The Morgan fingerprint density at radius 3 is 2.47 bits per heavy atom. The van der Waals surface area contributed by atoms with Gasteiger partial charge in [-0.3, -0.25) is 0 Å². The van der Waals surface area contributed by atoms with Crippen LogP contribution in [-0.2, 0) is 5.41 Å². The largest absolute Gasteiger partial charge is 0.383 e. The van der Waals surface area contributed by atoms with Gasteiger partial charge in [0.05, 0.1) is 8.99 Å². The first-order valence-electron chi connectivity index (χ1n) is 5.56. The summed E-state index contributed by atoms with van der Waals surface area (Å²) in [4.78, 5) is 8.89. The highest BCUT2D eigenvalue weighted by Crippen LogP contribution is 2.52. The van der Waals surface area contributed by atoms with Gasteiger partial charge in [-0.1, -0.05) is 30.3 Å². The summed E-state index contributed by atoms with van der Waals surface area (Å²) in [5.74, 6) is 1.44. The summed E-state index contributed by atoms with van der Waals surface area (Å²) in [6, 6.07) is 10.4. The third-order valence-corrected chi connectivity index (χ3v) is 4.11. The molecule has 0 unspecified atom stereocenters. The van der Waals surface area contributed by atoms with Crippen molar-refractivity contribution < 1.29 is 0 Å². The van der Waals surface area contributed by atoms with E-state index in [9.17, 15) is 0 Å². The molecular formula is C13H12IN3. The monoisotopic (exact) mass is 337 g/mol. The van der Waals surface area contributed by atoms with E-state index in [2.05, 4.69) is 56.8 Å². The van der Waals surface area contributed by atoms with Crippen LogP contribution in [0.4, 0.5) is 5.82 Å². The molecule has 1 aromatic carbocycles. The molecule has 0 amide bonds. The second kappa shape index (κ2) is 3.94. The van der Waals surface area contributed by atoms with Crippen molar-refractivity contribution in [2.24, 2.45) is 0 Å². The lowest BCUT2D eigenvalue weighted by molar-refractivity contribution is 0.755. The van der Waals surface area contributed by atoms with E-state index in [1.54, 1.807) is 6.20 Å². The molecule has 2 aromatic rings. The standard InChI is InChI=1S/C13H12IN3/c14-10-8-16-12(17-11(10)15)13(6-7-13)9-4-2-1-3-5-9/h1-5,8H,6-7H2,(H2,15,16,17). The maximum absolute atomic E-state index is 5.86. The molecule has 3 nitrogen and oxygen atoms in total. The van der Waals surface area contributed by atoms with E-state index in [4.69, 9.17) is 5.73 Å². The Kier molecular flexibility index (Phi) is 2.54. The van der Waals surface area contributed by atoms with Crippen molar-refractivity contribution in [2.75, 3.05) is 5.73 Å². The summed E-state index contributed by atoms with van der Waals surface area (Å²) in [5, 5.41) is 0. The van der Waals surface area contributed by atoms with Crippen LogP contribution in [-0.4, -0.2) is 9.97 Å². The molecule has 2 N–H and O–H groups in total. The van der Waals surface area contributed by atoms with Gasteiger partial charge in [0, 0.05) is 6.20 Å². The number of aromatic nitrogens is 2. The molecule has 1 heterocycles. The van der Waals surface area contributed by atoms with Crippen molar-refractivity contribution in [1.82, 2.24) is 9.97 Å². The predicted molar refractivity (Wildman–Crippen MR) is 75.6 cm³/mol. The first-order valence-corrected chi connectivity index (χ1v) is 6.64. The fourth-order valence-electron chi connectivity index (χ4n) is 2.13. The maximum Gasteiger partial charge on any atom is 0.141 e. The van der Waals surface area contributed by atoms with Gasteiger partial charge in [-0.25, -0.2) is 9.97 Å². The van der Waals surface area contributed by atoms with E-state index in [1.807, 2.05) is 6.07 Å². The molecule has 1 saturated carbocycles. The zero-order valence-corrected chi connectivity index (χ0v) is 11.4. The molecule has 0 radical (unpaired) electrons. The van der Waals surface area contributed by atoms with Gasteiger partial charge in [0.15, 0.2) is 0 Å². The Balaban J connectivity index is 2.07. The van der Waals surface area contributed by atoms with Gasteiger partial charge >= 0.3 is 0 Å². The number of halogens is 1. The van der Waals surface area contributed by atoms with E-state index in [-0.39, 0.29) is 5.41 Å². The normalized spacial score (nSPS) is 16.8. The predicted octanol–water partition coefficient (Wildman–Crippen LogP) is 2.74. The van der Waals surface area contributed by atoms with Crippen LogP contribution < -0.4 is 5.73 Å². The molecule has 1 fully saturated rings. The Hall–Kier alpha value is -1.17. The average Bonchev–Trinajstić information content (AvgIpc) is 3.15. The molecule has 0 spiro atoms. The number of benzene rings is 1. The lowest BCUT2D eigenvalue weighted by Crippen LogP contribution is -2.14. The van der Waals surface area contributed by atoms with E-state index in [0.717, 1.165) is 22.2 Å². The second-order valence-corrected chi connectivity index (χ2v) is 5.54. The van der Waals surface area contributed by atoms with Gasteiger partial charge < -0.3 is 5.73 Å². The Bertz CT molecular complexity index is 550. The minimum absolute atomic E-state index is 0.0136. The van der Waals surface area contributed by atoms with Gasteiger partial charge in [-0.05, 0) is 41.0 Å². The van der Waals surface area contributed by atoms with Crippen molar-refractivity contribution in [3.8, 4) is 0 Å². The van der Waals surface area contributed by atoms with Crippen molar-refractivity contribution in [1.29, 1.82) is 0 Å². The van der Waals surface area contributed by atoms with E-state index in [1.165, 1.54) is 5.56 Å². The van der Waals surface area contributed by atoms with Crippen LogP contribution in [0.3, 0.4) is 0 Å². The van der Waals surface area contributed by atoms with Crippen LogP contribution in [0, 0.1) is 3.57 Å². The molecule has 1 aliphatic carbocycles. The number of nitrogen functional groups attached to an aromatic ring is 1. The van der Waals surface area contributed by atoms with Crippen molar-refractivity contribution in [3.63, 3.8) is 0 Å². The Morgan fingerprint density at radius 1 is 1.18 bits per heavy atom. The first-order chi connectivity index (χ1) is 8.22. The summed E-state index contributed by atoms with van der Waals surface area (Å²) in [7, 11) is 0. The lowest BCUT2D eigenvalue weighted by atomic mass is 9.95. The quantitative estimate of drug-likeness (QED) is 0.858. The van der Waals surface area contributed by atoms with Crippen LogP contribution >= 0.6 is 22.6 Å². The lowest BCUT2D eigenvalue weighted by Gasteiger charge is -2.14. The molecule has 1 aliphatic rings. The highest BCUT2D eigenvalue weighted by Gasteiger charge is 2.48. The van der Waals surface area contributed by atoms with Crippen LogP contribution in [0.15, 0.2) is 36.5 Å². The fourth-order valence-corrected chi connectivity index (χ4v) is 2.39. The molecule has 86 valence electrons. The Morgan fingerprint density at radius 2 is 1.88 bits per heavy atom. The highest BCUT2D eigenvalue weighted by atomic mass is 127. The van der Waals surface area contributed by atoms with Crippen LogP contribution in [0.1, 0.15) is 24.2 Å². The molecule has 0 atom stereocenters. The fraction of sp³-hybridized carbons (Fsp3) is 0.231. The molecule has 17 heavy (non-hydrogen) atoms. The van der Waals surface area contributed by atoms with Crippen molar-refractivity contribution in [2.45, 2.75) is 18.3 Å². The second-order valence-electron chi connectivity index (χ2n) is 4.37. The number of nitrogens with zero attached hydrogens (tertiary/aromatic N) is 2. The van der Waals surface area contributed by atoms with Gasteiger partial charge in [0.2, 0.25) is 0 Å². The van der Waals surface area contributed by atoms with Gasteiger partial charge in [-0.15, -0.1) is 0 Å². The van der Waals surface area contributed by atoms with E-state index < -0.39 is 0 Å². The van der Waals surface area contributed by atoms with Gasteiger partial charge in [0.1, 0.15) is 11.6 Å². The summed E-state index contributed by atoms with van der Waals surface area (Å²) >= 11 is 2.15. The Labute approximate surface area is 114 Å². The number of hydrogen-bond donors (Lipinski definition) is 1. The summed E-state index contributed by atoms with van der Waals surface area (Å²) < 4.78 is 0.912. The average molecular weight is 337 g/mol. The van der Waals surface area contributed by atoms with E-state index >= 15 is 0 Å².